The molecule has 4 aromatic rings. The molecule has 3 amide bonds. The minimum Gasteiger partial charge on any atom is -0.467 e. The van der Waals surface area contributed by atoms with Crippen LogP contribution in [0.3, 0.4) is 0 Å². The normalized spacial score (nSPS) is 21.7. The molecule has 15 nitrogen and oxygen atoms in total. The Hall–Kier alpha value is -5.35. The molecular formula is C55H76N8O7. The predicted molar refractivity (Wildman–Crippen MR) is 273 cm³/mol. The van der Waals surface area contributed by atoms with E-state index in [1.165, 1.54) is 31.8 Å². The van der Waals surface area contributed by atoms with Gasteiger partial charge in [-0.05, 0) is 110 Å². The second-order valence-corrected chi connectivity index (χ2v) is 21.2. The molecule has 2 aromatic carbocycles. The fourth-order valence-electron chi connectivity index (χ4n) is 11.3. The lowest BCUT2D eigenvalue weighted by Crippen LogP contribution is -2.63. The number of nitrogens with zero attached hydrogens (tertiary/aromatic N) is 7. The van der Waals surface area contributed by atoms with Gasteiger partial charge in [0.05, 0.1) is 36.5 Å². The first-order valence-corrected chi connectivity index (χ1v) is 25.6. The molecule has 2 N–H and O–H groups in total. The highest BCUT2D eigenvalue weighted by molar-refractivity contribution is 5.96. The van der Waals surface area contributed by atoms with Crippen LogP contribution in [-0.4, -0.2) is 149 Å². The molecule has 2 saturated heterocycles. The number of aromatic nitrogens is 2. The van der Waals surface area contributed by atoms with Crippen molar-refractivity contribution in [2.24, 2.45) is 11.3 Å². The highest BCUT2D eigenvalue weighted by Crippen LogP contribution is 2.43. The average molecular weight is 961 g/mol. The van der Waals surface area contributed by atoms with Gasteiger partial charge in [-0.1, -0.05) is 52.0 Å². The zero-order valence-electron chi connectivity index (χ0n) is 43.2. The fourth-order valence-corrected chi connectivity index (χ4v) is 11.3. The van der Waals surface area contributed by atoms with E-state index in [-0.39, 0.29) is 36.9 Å². The zero-order chi connectivity index (χ0) is 50.2. The molecule has 378 valence electrons. The number of rotatable bonds is 12. The summed E-state index contributed by atoms with van der Waals surface area (Å²) >= 11 is 0. The van der Waals surface area contributed by atoms with Gasteiger partial charge < -0.3 is 34.3 Å². The number of hydrogen-bond acceptors (Lipinski definition) is 11. The van der Waals surface area contributed by atoms with E-state index >= 15 is 0 Å². The van der Waals surface area contributed by atoms with E-state index in [0.717, 1.165) is 93.6 Å². The number of hydrogen-bond donors (Lipinski definition) is 2. The Labute approximate surface area is 414 Å². The number of fused-ring (bicyclic) bond motifs is 4. The minimum atomic E-state index is -1.02. The van der Waals surface area contributed by atoms with Crippen molar-refractivity contribution in [3.8, 4) is 22.4 Å². The maximum Gasteiger partial charge on any atom is 0.328 e. The van der Waals surface area contributed by atoms with Crippen molar-refractivity contribution in [2.75, 3.05) is 72.0 Å². The Balaban J connectivity index is 1.27. The standard InChI is InChI=1S/C55H76N8O7/c1-11-61-47-17-14-39(29-43(47)45(31-55(6,7)33-64)51(61)44-30-42(32-56-49(44)35(4)69-9)60-23-21-59(22-24-60)41-15-16-41)40-26-37-18-20-63-48(13-12-19-62(63)36(5)65)53(67)58(8)50(34(2)3)52(66)57-46(54(68)70-10)28-38(25-37)27-40/h14,17,25-27,29-30,32,34-35,41,46,48,50,64H,11-13,15-16,18-24,28,31,33H2,1-10H3,(H,57,66)/t35-,46-,48+,50-/m0/s1. The Kier molecular flexibility index (Phi) is 15.4. The number of ether oxygens (including phenoxy) is 2. The van der Waals surface area contributed by atoms with E-state index in [1.54, 1.807) is 19.2 Å². The van der Waals surface area contributed by atoms with Crippen LogP contribution in [0.15, 0.2) is 48.7 Å². The molecule has 15 heteroatoms. The minimum absolute atomic E-state index is 0.00213. The summed E-state index contributed by atoms with van der Waals surface area (Å²) in [4.78, 5) is 67.2. The molecule has 4 atom stereocenters. The molecule has 0 spiro atoms. The van der Waals surface area contributed by atoms with Crippen molar-refractivity contribution < 1.29 is 33.8 Å². The topological polar surface area (TPSA) is 153 Å². The third-order valence-electron chi connectivity index (χ3n) is 15.3. The smallest absolute Gasteiger partial charge is 0.328 e. The third kappa shape index (κ3) is 10.5. The number of aliphatic hydroxyl groups is 1. The molecule has 2 bridgehead atoms. The number of hydrazine groups is 1. The van der Waals surface area contributed by atoms with E-state index in [0.29, 0.717) is 45.3 Å². The summed E-state index contributed by atoms with van der Waals surface area (Å²) in [6.45, 7) is 19.3. The van der Waals surface area contributed by atoms with Crippen LogP contribution >= 0.6 is 0 Å². The molecule has 1 aliphatic carbocycles. The molecule has 3 fully saturated rings. The van der Waals surface area contributed by atoms with Gasteiger partial charge in [-0.15, -0.1) is 0 Å². The van der Waals surface area contributed by atoms with Crippen LogP contribution in [0.4, 0.5) is 5.69 Å². The van der Waals surface area contributed by atoms with Crippen molar-refractivity contribution in [1.29, 1.82) is 0 Å². The first-order valence-electron chi connectivity index (χ1n) is 25.6. The van der Waals surface area contributed by atoms with Gasteiger partial charge in [0, 0.05) is 102 Å². The molecule has 1 saturated carbocycles. The molecule has 0 unspecified atom stereocenters. The number of piperazine rings is 1. The average Bonchev–Trinajstić information content (AvgIpc) is 4.17. The van der Waals surface area contributed by atoms with E-state index in [2.05, 4.69) is 82.9 Å². The largest absolute Gasteiger partial charge is 0.467 e. The van der Waals surface area contributed by atoms with Gasteiger partial charge in [0.2, 0.25) is 17.7 Å². The van der Waals surface area contributed by atoms with Crippen LogP contribution in [0.1, 0.15) is 103 Å². The SMILES string of the molecule is CCn1c(-c2cc(N3CCN(C4CC4)CC3)cnc2[C@H](C)OC)c(CC(C)(C)CO)c2cc(-c3cc4cc(c3)C[C@@H](C(=O)OC)NC(=O)[C@H](C(C)C)N(C)C(=O)[C@H]3CCCN(C(C)=O)N3CC4)ccc21. The lowest BCUT2D eigenvalue weighted by Gasteiger charge is -2.45. The molecule has 0 radical (unpaired) electrons. The Morgan fingerprint density at radius 1 is 0.929 bits per heavy atom. The summed E-state index contributed by atoms with van der Waals surface area (Å²) in [6.07, 6.45) is 6.77. The van der Waals surface area contributed by atoms with Gasteiger partial charge in [-0.25, -0.2) is 9.80 Å². The van der Waals surface area contributed by atoms with Crippen molar-refractivity contribution in [3.05, 3.63) is 71.0 Å². The number of esters is 1. The summed E-state index contributed by atoms with van der Waals surface area (Å²) in [6, 6.07) is 13.4. The predicted octanol–water partition coefficient (Wildman–Crippen LogP) is 6.41. The number of nitrogens with one attached hydrogen (secondary N) is 1. The van der Waals surface area contributed by atoms with Gasteiger partial charge in [0.25, 0.3) is 0 Å². The van der Waals surface area contributed by atoms with Crippen molar-refractivity contribution in [1.82, 2.24) is 34.7 Å². The maximum atomic E-state index is 14.5. The highest BCUT2D eigenvalue weighted by Gasteiger charge is 2.41. The number of aryl methyl sites for hydroxylation is 1. The van der Waals surface area contributed by atoms with Crippen LogP contribution in [0.25, 0.3) is 33.3 Å². The van der Waals surface area contributed by atoms with Gasteiger partial charge in [-0.2, -0.15) is 0 Å². The van der Waals surface area contributed by atoms with Crippen LogP contribution in [0.2, 0.25) is 0 Å². The van der Waals surface area contributed by atoms with Crippen molar-refractivity contribution >= 4 is 40.3 Å². The zero-order valence-corrected chi connectivity index (χ0v) is 43.2. The fraction of sp³-hybridized carbons (Fsp3) is 0.582. The van der Waals surface area contributed by atoms with E-state index < -0.39 is 35.4 Å². The van der Waals surface area contributed by atoms with Crippen molar-refractivity contribution in [2.45, 2.75) is 130 Å². The van der Waals surface area contributed by atoms with E-state index in [1.807, 2.05) is 32.0 Å². The first-order chi connectivity index (χ1) is 33.5. The van der Waals surface area contributed by atoms with Crippen LogP contribution in [-0.2, 0) is 54.5 Å². The number of carbonyl (C=O) groups excluding carboxylic acids is 4. The number of pyridine rings is 1. The second-order valence-electron chi connectivity index (χ2n) is 21.2. The second kappa shape index (κ2) is 21.2. The Bertz CT molecular complexity index is 2580. The summed E-state index contributed by atoms with van der Waals surface area (Å²) in [5.74, 6) is -1.68. The number of carbonyl (C=O) groups is 4. The lowest BCUT2D eigenvalue weighted by atomic mass is 9.84. The van der Waals surface area contributed by atoms with E-state index in [9.17, 15) is 24.3 Å². The van der Waals surface area contributed by atoms with Crippen LogP contribution in [0, 0.1) is 11.3 Å². The number of anilines is 1. The quantitative estimate of drug-likeness (QED) is 0.152. The van der Waals surface area contributed by atoms with Crippen LogP contribution < -0.4 is 10.2 Å². The van der Waals surface area contributed by atoms with Gasteiger partial charge in [0.1, 0.15) is 18.1 Å². The monoisotopic (exact) mass is 961 g/mol. The molecule has 3 aliphatic heterocycles. The maximum absolute atomic E-state index is 14.5. The summed E-state index contributed by atoms with van der Waals surface area (Å²) in [5.41, 5.74) is 9.45. The molecule has 5 heterocycles. The van der Waals surface area contributed by atoms with Gasteiger partial charge in [-0.3, -0.25) is 29.3 Å². The summed E-state index contributed by atoms with van der Waals surface area (Å²) < 4.78 is 13.7. The Morgan fingerprint density at radius 3 is 2.30 bits per heavy atom. The van der Waals surface area contributed by atoms with Gasteiger partial charge in [0.15, 0.2) is 0 Å². The number of amides is 3. The third-order valence-corrected chi connectivity index (χ3v) is 15.3. The summed E-state index contributed by atoms with van der Waals surface area (Å²) in [5, 5.41) is 18.5. The number of likely N-dealkylation sites (N-methyl/N-ethyl adjacent to an activating group) is 1. The van der Waals surface area contributed by atoms with Crippen molar-refractivity contribution in [3.63, 3.8) is 0 Å². The summed E-state index contributed by atoms with van der Waals surface area (Å²) in [7, 11) is 4.68. The molecule has 8 rings (SSSR count). The molecule has 70 heavy (non-hydrogen) atoms. The number of benzene rings is 2. The van der Waals surface area contributed by atoms with Gasteiger partial charge >= 0.3 is 5.97 Å². The molecular weight excluding hydrogens is 885 g/mol. The molecule has 4 aliphatic rings. The first kappa shape index (κ1) is 51.0. The lowest BCUT2D eigenvalue weighted by molar-refractivity contribution is -0.168. The van der Waals surface area contributed by atoms with Crippen LogP contribution in [0.5, 0.6) is 0 Å². The van der Waals surface area contributed by atoms with E-state index in [4.69, 9.17) is 14.5 Å². The highest BCUT2D eigenvalue weighted by atomic mass is 16.5. The number of aliphatic hydroxyl groups excluding tert-OH is 1. The molecule has 2 aromatic heterocycles. The Morgan fingerprint density at radius 2 is 1.66 bits per heavy atom. The number of methoxy groups -OCH3 is 2.